The number of carbonyl (C=O) groups excluding carboxylic acids is 1. The number of benzene rings is 3. The first-order valence-corrected chi connectivity index (χ1v) is 12.5. The molecule has 1 aliphatic carbocycles. The lowest BCUT2D eigenvalue weighted by atomic mass is 9.78. The van der Waals surface area contributed by atoms with Crippen LogP contribution in [0.1, 0.15) is 36.8 Å². The monoisotopic (exact) mass is 468 g/mol. The molecule has 0 heterocycles. The van der Waals surface area contributed by atoms with Crippen molar-refractivity contribution >= 4 is 33.2 Å². The Morgan fingerprint density at radius 3 is 2.31 bits per heavy atom. The van der Waals surface area contributed by atoms with Crippen LogP contribution in [-0.2, 0) is 26.8 Å². The summed E-state index contributed by atoms with van der Waals surface area (Å²) in [5.41, 5.74) is 1.46. The number of anilines is 1. The van der Waals surface area contributed by atoms with Crippen LogP contribution >= 0.6 is 11.6 Å². The molecule has 166 valence electrons. The Labute approximate surface area is 193 Å². The molecule has 0 radical (unpaired) electrons. The Morgan fingerprint density at radius 1 is 0.906 bits per heavy atom. The van der Waals surface area contributed by atoms with Crippen LogP contribution in [-0.4, -0.2) is 14.3 Å². The van der Waals surface area contributed by atoms with Gasteiger partial charge in [0.15, 0.2) is 0 Å². The summed E-state index contributed by atoms with van der Waals surface area (Å²) in [4.78, 5) is 13.6. The third kappa shape index (κ3) is 4.66. The highest BCUT2D eigenvalue weighted by atomic mass is 35.5. The Morgan fingerprint density at radius 2 is 1.59 bits per heavy atom. The number of carbonyl (C=O) groups is 1. The summed E-state index contributed by atoms with van der Waals surface area (Å²) in [6.45, 7) is 0.217. The maximum atomic E-state index is 13.4. The van der Waals surface area contributed by atoms with Gasteiger partial charge < -0.3 is 5.32 Å². The summed E-state index contributed by atoms with van der Waals surface area (Å²) in [5, 5.41) is 3.66. The molecular formula is C25H25ClN2O3S. The van der Waals surface area contributed by atoms with E-state index < -0.39 is 15.4 Å². The van der Waals surface area contributed by atoms with Gasteiger partial charge in [-0.2, -0.15) is 0 Å². The summed E-state index contributed by atoms with van der Waals surface area (Å²) in [6.07, 6.45) is 3.49. The van der Waals surface area contributed by atoms with Crippen molar-refractivity contribution in [1.82, 2.24) is 5.32 Å². The molecule has 3 aromatic carbocycles. The van der Waals surface area contributed by atoms with Gasteiger partial charge in [-0.15, -0.1) is 0 Å². The van der Waals surface area contributed by atoms with E-state index in [9.17, 15) is 13.2 Å². The molecule has 0 aromatic heterocycles. The quantitative estimate of drug-likeness (QED) is 0.496. The normalized spacial score (nSPS) is 15.3. The number of amides is 1. The van der Waals surface area contributed by atoms with Gasteiger partial charge in [-0.05, 0) is 54.3 Å². The van der Waals surface area contributed by atoms with Crippen LogP contribution in [0.4, 0.5) is 5.69 Å². The van der Waals surface area contributed by atoms with Crippen molar-refractivity contribution in [3.05, 3.63) is 95.0 Å². The molecule has 32 heavy (non-hydrogen) atoms. The maximum absolute atomic E-state index is 13.4. The van der Waals surface area contributed by atoms with Gasteiger partial charge >= 0.3 is 0 Å². The summed E-state index contributed by atoms with van der Waals surface area (Å²) in [7, 11) is -3.73. The number of para-hydroxylation sites is 1. The van der Waals surface area contributed by atoms with E-state index in [1.807, 2.05) is 30.3 Å². The van der Waals surface area contributed by atoms with Crippen molar-refractivity contribution in [3.63, 3.8) is 0 Å². The fourth-order valence-electron chi connectivity index (χ4n) is 4.33. The van der Waals surface area contributed by atoms with E-state index in [1.165, 1.54) is 0 Å². The fourth-order valence-corrected chi connectivity index (χ4v) is 5.65. The predicted octanol–water partition coefficient (Wildman–Crippen LogP) is 5.27. The van der Waals surface area contributed by atoms with Crippen molar-refractivity contribution in [1.29, 1.82) is 0 Å². The molecule has 3 aromatic rings. The van der Waals surface area contributed by atoms with E-state index in [0.717, 1.165) is 31.2 Å². The molecule has 1 fully saturated rings. The van der Waals surface area contributed by atoms with E-state index in [4.69, 9.17) is 11.6 Å². The van der Waals surface area contributed by atoms with Gasteiger partial charge in [-0.25, -0.2) is 8.42 Å². The minimum atomic E-state index is -3.73. The second kappa shape index (κ2) is 9.35. The smallest absolute Gasteiger partial charge is 0.261 e. The van der Waals surface area contributed by atoms with Gasteiger partial charge in [0, 0.05) is 11.6 Å². The van der Waals surface area contributed by atoms with E-state index in [2.05, 4.69) is 10.0 Å². The lowest BCUT2D eigenvalue weighted by Crippen LogP contribution is -2.42. The third-order valence-corrected chi connectivity index (χ3v) is 7.64. The van der Waals surface area contributed by atoms with Crippen LogP contribution in [0.15, 0.2) is 83.8 Å². The Hall–Kier alpha value is -2.83. The van der Waals surface area contributed by atoms with E-state index in [-0.39, 0.29) is 17.3 Å². The Bertz CT molecular complexity index is 1210. The molecule has 2 N–H and O–H groups in total. The zero-order valence-corrected chi connectivity index (χ0v) is 19.1. The number of hydrogen-bond donors (Lipinski definition) is 2. The maximum Gasteiger partial charge on any atom is 0.261 e. The van der Waals surface area contributed by atoms with Crippen LogP contribution in [0, 0.1) is 0 Å². The van der Waals surface area contributed by atoms with Crippen LogP contribution in [0.25, 0.3) is 0 Å². The number of sulfonamides is 1. The molecule has 0 spiro atoms. The standard InChI is InChI=1S/C25H25ClN2O3S/c26-21-11-8-10-20(17-21)25(15-6-7-16-25)24(29)27-18-19-9-4-5-14-23(19)28-32(30,31)22-12-2-1-3-13-22/h1-5,8-14,17,28H,6-7,15-16,18H2,(H,27,29). The molecule has 0 atom stereocenters. The highest BCUT2D eigenvalue weighted by Gasteiger charge is 2.42. The van der Waals surface area contributed by atoms with Crippen molar-refractivity contribution in [2.75, 3.05) is 4.72 Å². The van der Waals surface area contributed by atoms with Gasteiger partial charge in [0.1, 0.15) is 0 Å². The highest BCUT2D eigenvalue weighted by molar-refractivity contribution is 7.92. The van der Waals surface area contributed by atoms with Crippen LogP contribution in [0.3, 0.4) is 0 Å². The summed E-state index contributed by atoms with van der Waals surface area (Å²) in [5.74, 6) is -0.0574. The van der Waals surface area contributed by atoms with Crippen molar-refractivity contribution in [2.24, 2.45) is 0 Å². The molecule has 1 amide bonds. The zero-order chi connectivity index (χ0) is 22.6. The average Bonchev–Trinajstić information content (AvgIpc) is 3.30. The van der Waals surface area contributed by atoms with Gasteiger partial charge in [0.2, 0.25) is 5.91 Å². The first-order chi connectivity index (χ1) is 15.4. The zero-order valence-electron chi connectivity index (χ0n) is 17.6. The number of hydrogen-bond acceptors (Lipinski definition) is 3. The van der Waals surface area contributed by atoms with Gasteiger partial charge in [-0.1, -0.05) is 73.0 Å². The molecule has 0 saturated heterocycles. The first-order valence-electron chi connectivity index (χ1n) is 10.6. The largest absolute Gasteiger partial charge is 0.351 e. The molecule has 1 saturated carbocycles. The van der Waals surface area contributed by atoms with Gasteiger partial charge in [0.05, 0.1) is 16.0 Å². The SMILES string of the molecule is O=C(NCc1ccccc1NS(=O)(=O)c1ccccc1)C1(c2cccc(Cl)c2)CCCC1. The minimum absolute atomic E-state index is 0.0574. The van der Waals surface area contributed by atoms with Gasteiger partial charge in [0.25, 0.3) is 10.0 Å². The molecule has 0 aliphatic heterocycles. The lowest BCUT2D eigenvalue weighted by Gasteiger charge is -2.28. The Balaban J connectivity index is 1.54. The fraction of sp³-hybridized carbons (Fsp3) is 0.240. The van der Waals surface area contributed by atoms with Crippen molar-refractivity contribution in [2.45, 2.75) is 42.5 Å². The molecule has 0 unspecified atom stereocenters. The second-order valence-corrected chi connectivity index (χ2v) is 10.2. The van der Waals surface area contributed by atoms with E-state index in [1.54, 1.807) is 48.5 Å². The van der Waals surface area contributed by atoms with Crippen LogP contribution in [0.5, 0.6) is 0 Å². The number of rotatable bonds is 7. The number of halogens is 1. The van der Waals surface area contributed by atoms with Gasteiger partial charge in [-0.3, -0.25) is 9.52 Å². The number of nitrogens with one attached hydrogen (secondary N) is 2. The third-order valence-electron chi connectivity index (χ3n) is 6.02. The molecule has 5 nitrogen and oxygen atoms in total. The summed E-state index contributed by atoms with van der Waals surface area (Å²) < 4.78 is 28.2. The van der Waals surface area contributed by atoms with Crippen LogP contribution < -0.4 is 10.0 Å². The minimum Gasteiger partial charge on any atom is -0.351 e. The van der Waals surface area contributed by atoms with Crippen molar-refractivity contribution < 1.29 is 13.2 Å². The van der Waals surface area contributed by atoms with Crippen molar-refractivity contribution in [3.8, 4) is 0 Å². The topological polar surface area (TPSA) is 75.3 Å². The average molecular weight is 469 g/mol. The van der Waals surface area contributed by atoms with E-state index in [0.29, 0.717) is 16.3 Å². The summed E-state index contributed by atoms with van der Waals surface area (Å²) >= 11 is 6.20. The second-order valence-electron chi connectivity index (χ2n) is 8.06. The summed E-state index contributed by atoms with van der Waals surface area (Å²) in [6, 6.07) is 22.8. The highest BCUT2D eigenvalue weighted by Crippen LogP contribution is 2.42. The predicted molar refractivity (Wildman–Crippen MR) is 127 cm³/mol. The molecule has 1 aliphatic rings. The van der Waals surface area contributed by atoms with Crippen LogP contribution in [0.2, 0.25) is 5.02 Å². The lowest BCUT2D eigenvalue weighted by molar-refractivity contribution is -0.126. The molecular weight excluding hydrogens is 444 g/mol. The Kier molecular flexibility index (Phi) is 6.53. The molecule has 0 bridgehead atoms. The molecule has 7 heteroatoms. The molecule has 4 rings (SSSR count). The van der Waals surface area contributed by atoms with E-state index >= 15 is 0 Å². The first kappa shape index (κ1) is 22.4.